The normalized spacial score (nSPS) is 21.3. The molecule has 0 aromatic rings. The molecule has 1 atom stereocenters. The van der Waals surface area contributed by atoms with E-state index in [0.717, 1.165) is 25.3 Å². The highest BCUT2D eigenvalue weighted by molar-refractivity contribution is 7.99. The summed E-state index contributed by atoms with van der Waals surface area (Å²) >= 11 is 1.93. The molecule has 0 saturated carbocycles. The summed E-state index contributed by atoms with van der Waals surface area (Å²) in [6.45, 7) is 2.23. The maximum atomic E-state index is 11.4. The molecule has 0 bridgehead atoms. The molecule has 0 aromatic carbocycles. The second-order valence-corrected chi connectivity index (χ2v) is 4.50. The number of esters is 1. The number of carbonyl (C=O) groups is 1. The molecule has 1 aliphatic rings. The first-order valence-corrected chi connectivity index (χ1v) is 6.04. The van der Waals surface area contributed by atoms with Gasteiger partial charge >= 0.3 is 5.97 Å². The standard InChI is InChI=1S/C9H18N2O2S/c1-13-9(12)8(7-10)11-3-2-5-14-6-4-11/h8H,2-7,10H2,1H3. The van der Waals surface area contributed by atoms with Gasteiger partial charge < -0.3 is 10.5 Å². The topological polar surface area (TPSA) is 55.6 Å². The van der Waals surface area contributed by atoms with Gasteiger partial charge in [0.2, 0.25) is 0 Å². The summed E-state index contributed by atoms with van der Waals surface area (Å²) in [7, 11) is 1.41. The Hall–Kier alpha value is -0.260. The fourth-order valence-corrected chi connectivity index (χ4v) is 2.51. The first kappa shape index (κ1) is 11.8. The van der Waals surface area contributed by atoms with Crippen LogP contribution in [0, 0.1) is 0 Å². The summed E-state index contributed by atoms with van der Waals surface area (Å²) in [6.07, 6.45) is 1.12. The molecule has 5 heteroatoms. The van der Waals surface area contributed by atoms with Crippen molar-refractivity contribution in [3.8, 4) is 0 Å². The number of nitrogens with two attached hydrogens (primary N) is 1. The summed E-state index contributed by atoms with van der Waals surface area (Å²) in [6, 6.07) is -0.251. The van der Waals surface area contributed by atoms with Crippen LogP contribution in [0.2, 0.25) is 0 Å². The minimum atomic E-state index is -0.251. The van der Waals surface area contributed by atoms with Gasteiger partial charge in [-0.05, 0) is 18.7 Å². The zero-order chi connectivity index (χ0) is 10.4. The summed E-state index contributed by atoms with van der Waals surface area (Å²) in [5.74, 6) is 2.04. The van der Waals surface area contributed by atoms with E-state index in [0.29, 0.717) is 6.54 Å². The molecule has 1 fully saturated rings. The van der Waals surface area contributed by atoms with E-state index in [-0.39, 0.29) is 12.0 Å². The quantitative estimate of drug-likeness (QED) is 0.672. The number of hydrogen-bond donors (Lipinski definition) is 1. The maximum absolute atomic E-state index is 11.4. The number of rotatable bonds is 3. The summed E-state index contributed by atoms with van der Waals surface area (Å²) in [4.78, 5) is 13.5. The molecular formula is C9H18N2O2S. The Labute approximate surface area is 89.2 Å². The third-order valence-electron chi connectivity index (χ3n) is 2.39. The first-order chi connectivity index (χ1) is 6.79. The lowest BCUT2D eigenvalue weighted by molar-refractivity contribution is -0.146. The smallest absolute Gasteiger partial charge is 0.324 e. The summed E-state index contributed by atoms with van der Waals surface area (Å²) in [5.41, 5.74) is 5.58. The molecule has 82 valence electrons. The molecule has 4 nitrogen and oxygen atoms in total. The molecule has 0 amide bonds. The number of carbonyl (C=O) groups excluding carboxylic acids is 1. The van der Waals surface area contributed by atoms with Crippen LogP contribution in [-0.4, -0.2) is 55.2 Å². The van der Waals surface area contributed by atoms with Gasteiger partial charge in [0.25, 0.3) is 0 Å². The highest BCUT2D eigenvalue weighted by Gasteiger charge is 2.25. The number of ether oxygens (including phenoxy) is 1. The molecule has 1 saturated heterocycles. The molecule has 1 rings (SSSR count). The monoisotopic (exact) mass is 218 g/mol. The van der Waals surface area contributed by atoms with E-state index < -0.39 is 0 Å². The molecule has 14 heavy (non-hydrogen) atoms. The van der Waals surface area contributed by atoms with Crippen LogP contribution in [0.1, 0.15) is 6.42 Å². The van der Waals surface area contributed by atoms with Crippen molar-refractivity contribution in [3.63, 3.8) is 0 Å². The minimum absolute atomic E-state index is 0.209. The van der Waals surface area contributed by atoms with Crippen molar-refractivity contribution < 1.29 is 9.53 Å². The fourth-order valence-electron chi connectivity index (χ4n) is 1.61. The van der Waals surface area contributed by atoms with Crippen LogP contribution >= 0.6 is 11.8 Å². The third-order valence-corrected chi connectivity index (χ3v) is 3.44. The number of hydrogen-bond acceptors (Lipinski definition) is 5. The summed E-state index contributed by atoms with van der Waals surface area (Å²) in [5, 5.41) is 0. The molecule has 1 heterocycles. The van der Waals surface area contributed by atoms with Gasteiger partial charge in [-0.25, -0.2) is 0 Å². The second kappa shape index (κ2) is 6.27. The summed E-state index contributed by atoms with van der Waals surface area (Å²) < 4.78 is 4.73. The number of thioether (sulfide) groups is 1. The lowest BCUT2D eigenvalue weighted by Gasteiger charge is -2.26. The van der Waals surface area contributed by atoms with Crippen molar-refractivity contribution >= 4 is 17.7 Å². The molecule has 2 N–H and O–H groups in total. The van der Waals surface area contributed by atoms with Gasteiger partial charge in [0.05, 0.1) is 7.11 Å². The Balaban J connectivity index is 2.52. The van der Waals surface area contributed by atoms with E-state index in [9.17, 15) is 4.79 Å². The Bertz CT molecular complexity index is 182. The van der Waals surface area contributed by atoms with Crippen molar-refractivity contribution in [3.05, 3.63) is 0 Å². The van der Waals surface area contributed by atoms with E-state index >= 15 is 0 Å². The molecule has 0 spiro atoms. The number of nitrogens with zero attached hydrogens (tertiary/aromatic N) is 1. The average Bonchev–Trinajstić information content (AvgIpc) is 2.47. The molecule has 0 aromatic heterocycles. The van der Waals surface area contributed by atoms with Crippen LogP contribution < -0.4 is 5.73 Å². The second-order valence-electron chi connectivity index (χ2n) is 3.28. The van der Waals surface area contributed by atoms with Gasteiger partial charge in [0.15, 0.2) is 0 Å². The van der Waals surface area contributed by atoms with Crippen molar-refractivity contribution in [1.82, 2.24) is 4.90 Å². The van der Waals surface area contributed by atoms with E-state index in [1.54, 1.807) is 0 Å². The Morgan fingerprint density at radius 1 is 1.57 bits per heavy atom. The van der Waals surface area contributed by atoms with Gasteiger partial charge in [-0.15, -0.1) is 0 Å². The van der Waals surface area contributed by atoms with Gasteiger partial charge in [0.1, 0.15) is 6.04 Å². The van der Waals surface area contributed by atoms with Crippen LogP contribution in [0.5, 0.6) is 0 Å². The van der Waals surface area contributed by atoms with Gasteiger partial charge in [-0.3, -0.25) is 9.69 Å². The highest BCUT2D eigenvalue weighted by Crippen LogP contribution is 2.12. The van der Waals surface area contributed by atoms with Crippen molar-refractivity contribution in [2.75, 3.05) is 38.2 Å². The Morgan fingerprint density at radius 2 is 2.36 bits per heavy atom. The third kappa shape index (κ3) is 3.15. The van der Waals surface area contributed by atoms with Crippen molar-refractivity contribution in [2.24, 2.45) is 5.73 Å². The zero-order valence-electron chi connectivity index (χ0n) is 8.57. The van der Waals surface area contributed by atoms with E-state index in [1.807, 2.05) is 11.8 Å². The molecular weight excluding hydrogens is 200 g/mol. The fraction of sp³-hybridized carbons (Fsp3) is 0.889. The molecule has 0 aliphatic carbocycles. The maximum Gasteiger partial charge on any atom is 0.324 e. The average molecular weight is 218 g/mol. The lowest BCUT2D eigenvalue weighted by Crippen LogP contribution is -2.47. The van der Waals surface area contributed by atoms with Crippen LogP contribution in [0.15, 0.2) is 0 Å². The van der Waals surface area contributed by atoms with Crippen LogP contribution in [0.25, 0.3) is 0 Å². The Morgan fingerprint density at radius 3 is 3.00 bits per heavy atom. The van der Waals surface area contributed by atoms with Crippen molar-refractivity contribution in [2.45, 2.75) is 12.5 Å². The van der Waals surface area contributed by atoms with Crippen LogP contribution in [-0.2, 0) is 9.53 Å². The predicted molar refractivity (Wildman–Crippen MR) is 58.4 cm³/mol. The SMILES string of the molecule is COC(=O)C(CN)N1CCCSCC1. The van der Waals surface area contributed by atoms with Gasteiger partial charge in [-0.2, -0.15) is 11.8 Å². The molecule has 1 unspecified atom stereocenters. The predicted octanol–water partition coefficient (Wildman–Crippen LogP) is -0.0744. The largest absolute Gasteiger partial charge is 0.468 e. The lowest BCUT2D eigenvalue weighted by atomic mass is 10.2. The minimum Gasteiger partial charge on any atom is -0.468 e. The van der Waals surface area contributed by atoms with E-state index in [1.165, 1.54) is 12.9 Å². The Kier molecular flexibility index (Phi) is 5.29. The van der Waals surface area contributed by atoms with Crippen LogP contribution in [0.4, 0.5) is 0 Å². The molecule has 0 radical (unpaired) electrons. The number of methoxy groups -OCH3 is 1. The first-order valence-electron chi connectivity index (χ1n) is 4.89. The van der Waals surface area contributed by atoms with Gasteiger partial charge in [-0.1, -0.05) is 0 Å². The van der Waals surface area contributed by atoms with E-state index in [2.05, 4.69) is 4.90 Å². The highest BCUT2D eigenvalue weighted by atomic mass is 32.2. The zero-order valence-corrected chi connectivity index (χ0v) is 9.39. The molecule has 1 aliphatic heterocycles. The van der Waals surface area contributed by atoms with Crippen molar-refractivity contribution in [1.29, 1.82) is 0 Å². The van der Waals surface area contributed by atoms with Crippen LogP contribution in [0.3, 0.4) is 0 Å². The van der Waals surface area contributed by atoms with Gasteiger partial charge in [0, 0.05) is 18.8 Å². The van der Waals surface area contributed by atoms with E-state index in [4.69, 9.17) is 10.5 Å².